The van der Waals surface area contributed by atoms with E-state index >= 15 is 0 Å². The quantitative estimate of drug-likeness (QED) is 0.300. The van der Waals surface area contributed by atoms with Gasteiger partial charge in [-0.15, -0.1) is 0 Å². The summed E-state index contributed by atoms with van der Waals surface area (Å²) in [6.07, 6.45) is 5.27. The summed E-state index contributed by atoms with van der Waals surface area (Å²) in [6.45, 7) is 9.47. The average molecular weight is 412 g/mol. The largest absolute Gasteiger partial charge is 0.376 e. The lowest BCUT2D eigenvalue weighted by Gasteiger charge is -2.20. The van der Waals surface area contributed by atoms with Crippen molar-refractivity contribution in [2.75, 3.05) is 19.7 Å². The zero-order valence-corrected chi connectivity index (χ0v) is 18.4. The number of benzene rings is 1. The minimum Gasteiger partial charge on any atom is -0.376 e. The summed E-state index contributed by atoms with van der Waals surface area (Å²) in [7, 11) is 0. The van der Waals surface area contributed by atoms with E-state index in [2.05, 4.69) is 32.6 Å². The van der Waals surface area contributed by atoms with Gasteiger partial charge in [-0.1, -0.05) is 17.9 Å². The van der Waals surface area contributed by atoms with Crippen molar-refractivity contribution in [2.24, 2.45) is 15.9 Å². The van der Waals surface area contributed by atoms with Crippen molar-refractivity contribution < 1.29 is 9.53 Å². The lowest BCUT2D eigenvalue weighted by atomic mass is 10.0. The van der Waals surface area contributed by atoms with Gasteiger partial charge >= 0.3 is 6.03 Å². The van der Waals surface area contributed by atoms with Crippen LogP contribution >= 0.6 is 0 Å². The minimum atomic E-state index is -0.278. The van der Waals surface area contributed by atoms with Gasteiger partial charge in [0.2, 0.25) is 0 Å². The number of nitrogens with one attached hydrogen (secondary N) is 2. The summed E-state index contributed by atoms with van der Waals surface area (Å²) < 4.78 is 5.69. The molecule has 1 aromatic rings. The first kappa shape index (κ1) is 23.4. The molecule has 0 aromatic heterocycles. The molecule has 0 radical (unpaired) electrons. The first-order valence-corrected chi connectivity index (χ1v) is 10.3. The Bertz CT molecular complexity index is 837. The third kappa shape index (κ3) is 8.26. The normalized spacial score (nSPS) is 17.3. The molecule has 1 unspecified atom stereocenters. The number of nitrogens with zero attached hydrogens (tertiary/aromatic N) is 2. The van der Waals surface area contributed by atoms with Gasteiger partial charge in [0.25, 0.3) is 0 Å². The van der Waals surface area contributed by atoms with E-state index < -0.39 is 0 Å². The second-order valence-electron chi connectivity index (χ2n) is 8.39. The van der Waals surface area contributed by atoms with Crippen molar-refractivity contribution in [2.45, 2.75) is 58.6 Å². The molecule has 2 amide bonds. The minimum absolute atomic E-state index is 0.187. The predicted octanol–water partition coefficient (Wildman–Crippen LogP) is 2.75. The highest BCUT2D eigenvalue weighted by molar-refractivity contribution is 6.38. The maximum atomic E-state index is 11.7. The van der Waals surface area contributed by atoms with E-state index in [1.807, 2.05) is 45.9 Å². The van der Waals surface area contributed by atoms with Gasteiger partial charge in [0, 0.05) is 29.5 Å². The summed E-state index contributed by atoms with van der Waals surface area (Å²) >= 11 is 0. The Balaban J connectivity index is 1.93. The maximum Gasteiger partial charge on any atom is 0.315 e. The molecule has 0 saturated carbocycles. The Kier molecular flexibility index (Phi) is 8.88. The molecule has 162 valence electrons. The number of hydrazone groups is 1. The fourth-order valence-corrected chi connectivity index (χ4v) is 3.06. The fourth-order valence-electron chi connectivity index (χ4n) is 3.06. The van der Waals surface area contributed by atoms with E-state index in [4.69, 9.17) is 10.6 Å². The number of hydrogen-bond donors (Lipinski definition) is 3. The summed E-state index contributed by atoms with van der Waals surface area (Å²) in [5.74, 6) is 11.6. The van der Waals surface area contributed by atoms with E-state index in [9.17, 15) is 4.79 Å². The van der Waals surface area contributed by atoms with Crippen LogP contribution < -0.4 is 16.5 Å². The van der Waals surface area contributed by atoms with Crippen LogP contribution in [0.4, 0.5) is 4.79 Å². The first-order chi connectivity index (χ1) is 14.3. The molecule has 30 heavy (non-hydrogen) atoms. The topological polar surface area (TPSA) is 101 Å². The van der Waals surface area contributed by atoms with E-state index in [-0.39, 0.29) is 24.2 Å². The summed E-state index contributed by atoms with van der Waals surface area (Å²) in [6, 6.07) is 5.59. The van der Waals surface area contributed by atoms with Gasteiger partial charge in [-0.05, 0) is 64.7 Å². The number of amides is 2. The Labute approximate surface area is 179 Å². The molecule has 0 aliphatic carbocycles. The van der Waals surface area contributed by atoms with E-state index in [1.165, 1.54) is 6.42 Å². The average Bonchev–Trinajstić information content (AvgIpc) is 2.69. The summed E-state index contributed by atoms with van der Waals surface area (Å²) in [5, 5.41) is 9.45. The van der Waals surface area contributed by atoms with Crippen LogP contribution in [0.2, 0.25) is 0 Å². The molecule has 1 fully saturated rings. The van der Waals surface area contributed by atoms with Crippen LogP contribution in [-0.2, 0) is 4.74 Å². The molecular formula is C23H33N5O2. The monoisotopic (exact) mass is 411 g/mol. The molecule has 1 aliphatic heterocycles. The zero-order valence-electron chi connectivity index (χ0n) is 18.4. The smallest absolute Gasteiger partial charge is 0.315 e. The highest BCUT2D eigenvalue weighted by Gasteiger charge is 2.13. The fraction of sp³-hybridized carbons (Fsp3) is 0.522. The zero-order chi connectivity index (χ0) is 22.0. The third-order valence-electron chi connectivity index (χ3n) is 4.50. The van der Waals surface area contributed by atoms with Gasteiger partial charge in [0.1, 0.15) is 5.71 Å². The number of aryl methyl sites for hydroxylation is 1. The second kappa shape index (κ2) is 11.4. The SMILES string of the molecule is Cc1cc(C#CCNC(=O)NC(C)(C)C)ccc1/C(C=NCC1CCCCO1)=N/N. The van der Waals surface area contributed by atoms with E-state index in [1.54, 1.807) is 6.21 Å². The van der Waals surface area contributed by atoms with Gasteiger partial charge in [-0.2, -0.15) is 5.10 Å². The van der Waals surface area contributed by atoms with Crippen LogP contribution in [0, 0.1) is 18.8 Å². The van der Waals surface area contributed by atoms with E-state index in [0.717, 1.165) is 36.1 Å². The number of carbonyl (C=O) groups is 1. The molecule has 1 saturated heterocycles. The van der Waals surface area contributed by atoms with Crippen molar-refractivity contribution in [3.63, 3.8) is 0 Å². The van der Waals surface area contributed by atoms with Gasteiger partial charge in [0.15, 0.2) is 0 Å². The number of carbonyl (C=O) groups excluding carboxylic acids is 1. The van der Waals surface area contributed by atoms with Crippen LogP contribution in [0.1, 0.15) is 56.7 Å². The molecule has 0 bridgehead atoms. The second-order valence-corrected chi connectivity index (χ2v) is 8.39. The molecular weight excluding hydrogens is 378 g/mol. The Morgan fingerprint density at radius 1 is 1.37 bits per heavy atom. The number of ether oxygens (including phenoxy) is 1. The van der Waals surface area contributed by atoms with Gasteiger partial charge < -0.3 is 21.2 Å². The molecule has 1 heterocycles. The molecule has 1 aliphatic rings. The van der Waals surface area contributed by atoms with Crippen LogP contribution in [0.5, 0.6) is 0 Å². The molecule has 0 spiro atoms. The molecule has 1 aromatic carbocycles. The highest BCUT2D eigenvalue weighted by Crippen LogP contribution is 2.14. The Morgan fingerprint density at radius 2 is 2.17 bits per heavy atom. The van der Waals surface area contributed by atoms with Crippen LogP contribution in [-0.4, -0.2) is 49.3 Å². The maximum absolute atomic E-state index is 11.7. The van der Waals surface area contributed by atoms with Crippen molar-refractivity contribution in [1.29, 1.82) is 0 Å². The number of nitrogens with two attached hydrogens (primary N) is 1. The number of hydrogen-bond acceptors (Lipinski definition) is 5. The van der Waals surface area contributed by atoms with Gasteiger partial charge in [-0.3, -0.25) is 4.99 Å². The first-order valence-electron chi connectivity index (χ1n) is 10.3. The summed E-state index contributed by atoms with van der Waals surface area (Å²) in [5.41, 5.74) is 3.13. The van der Waals surface area contributed by atoms with Crippen LogP contribution in [0.3, 0.4) is 0 Å². The Hall–Kier alpha value is -2.85. The lowest BCUT2D eigenvalue weighted by molar-refractivity contribution is 0.0226. The molecule has 7 nitrogen and oxygen atoms in total. The number of urea groups is 1. The lowest BCUT2D eigenvalue weighted by Crippen LogP contribution is -2.46. The molecule has 2 rings (SSSR count). The molecule has 7 heteroatoms. The van der Waals surface area contributed by atoms with E-state index in [0.29, 0.717) is 12.3 Å². The highest BCUT2D eigenvalue weighted by atomic mass is 16.5. The van der Waals surface area contributed by atoms with Crippen LogP contribution in [0.25, 0.3) is 0 Å². The van der Waals surface area contributed by atoms with Gasteiger partial charge in [0.05, 0.1) is 19.2 Å². The third-order valence-corrected chi connectivity index (χ3v) is 4.50. The van der Waals surface area contributed by atoms with Crippen molar-refractivity contribution >= 4 is 18.0 Å². The van der Waals surface area contributed by atoms with Crippen molar-refractivity contribution in [1.82, 2.24) is 10.6 Å². The predicted molar refractivity (Wildman–Crippen MR) is 122 cm³/mol. The van der Waals surface area contributed by atoms with Crippen molar-refractivity contribution in [3.05, 3.63) is 34.9 Å². The summed E-state index contributed by atoms with van der Waals surface area (Å²) in [4.78, 5) is 16.2. The van der Waals surface area contributed by atoms with Gasteiger partial charge in [-0.25, -0.2) is 4.79 Å². The molecule has 4 N–H and O–H groups in total. The number of rotatable bonds is 5. The van der Waals surface area contributed by atoms with Crippen LogP contribution in [0.15, 0.2) is 28.3 Å². The Morgan fingerprint density at radius 3 is 2.80 bits per heavy atom. The van der Waals surface area contributed by atoms with Crippen molar-refractivity contribution in [3.8, 4) is 11.8 Å². The number of aliphatic imine (C=N–C) groups is 1. The molecule has 1 atom stereocenters. The standard InChI is InChI=1S/C23H33N5O2/c1-17-14-18(8-7-12-26-22(29)27-23(2,3)4)10-11-20(17)21(28-24)16-25-15-19-9-5-6-13-30-19/h10-11,14,16,19H,5-6,9,12-13,15,24H2,1-4H3,(H2,26,27,29)/b25-16?,28-21+.